The highest BCUT2D eigenvalue weighted by Crippen LogP contribution is 2.24. The van der Waals surface area contributed by atoms with Gasteiger partial charge in [0, 0.05) is 25.5 Å². The average Bonchev–Trinajstić information content (AvgIpc) is 3.29. The number of nitrogens with zero attached hydrogens (tertiary/aromatic N) is 3. The topological polar surface area (TPSA) is 96.3 Å². The van der Waals surface area contributed by atoms with Crippen molar-refractivity contribution in [2.75, 3.05) is 6.54 Å². The van der Waals surface area contributed by atoms with Gasteiger partial charge in [0.1, 0.15) is 12.1 Å². The summed E-state index contributed by atoms with van der Waals surface area (Å²) in [5, 5.41) is 5.51. The molecule has 0 saturated carbocycles. The van der Waals surface area contributed by atoms with E-state index in [1.165, 1.54) is 0 Å². The van der Waals surface area contributed by atoms with Gasteiger partial charge in [0.2, 0.25) is 5.91 Å². The third kappa shape index (κ3) is 4.05. The van der Waals surface area contributed by atoms with Gasteiger partial charge in [0.15, 0.2) is 0 Å². The Morgan fingerprint density at radius 3 is 2.61 bits per heavy atom. The Bertz CT molecular complexity index is 858. The molecule has 1 aliphatic rings. The molecule has 28 heavy (non-hydrogen) atoms. The highest BCUT2D eigenvalue weighted by Gasteiger charge is 2.49. The molecule has 2 N–H and O–H groups in total. The van der Waals surface area contributed by atoms with Gasteiger partial charge >= 0.3 is 6.03 Å². The predicted molar refractivity (Wildman–Crippen MR) is 103 cm³/mol. The molecule has 8 heteroatoms. The Hall–Kier alpha value is -3.16. The van der Waals surface area contributed by atoms with Crippen molar-refractivity contribution < 1.29 is 14.4 Å². The number of amides is 4. The van der Waals surface area contributed by atoms with E-state index in [-0.39, 0.29) is 18.4 Å². The fourth-order valence-electron chi connectivity index (χ4n) is 3.38. The van der Waals surface area contributed by atoms with Crippen molar-refractivity contribution in [1.82, 2.24) is 25.1 Å². The summed E-state index contributed by atoms with van der Waals surface area (Å²) >= 11 is 0. The van der Waals surface area contributed by atoms with Crippen LogP contribution in [0.5, 0.6) is 0 Å². The number of benzene rings is 1. The molecular formula is C20H25N5O3. The lowest BCUT2D eigenvalue weighted by Crippen LogP contribution is -2.46. The highest BCUT2D eigenvalue weighted by atomic mass is 16.2. The summed E-state index contributed by atoms with van der Waals surface area (Å²) in [6.07, 6.45) is 6.36. The molecule has 0 spiro atoms. The molecule has 1 saturated heterocycles. The molecule has 1 aromatic heterocycles. The second-order valence-electron chi connectivity index (χ2n) is 6.94. The van der Waals surface area contributed by atoms with E-state index < -0.39 is 11.6 Å². The van der Waals surface area contributed by atoms with E-state index >= 15 is 0 Å². The number of imide groups is 1. The number of hydrogen-bond donors (Lipinski definition) is 2. The maximum atomic E-state index is 12.6. The minimum Gasteiger partial charge on any atom is -0.350 e. The van der Waals surface area contributed by atoms with Crippen molar-refractivity contribution in [2.45, 2.75) is 45.3 Å². The van der Waals surface area contributed by atoms with E-state index in [2.05, 4.69) is 15.6 Å². The fraction of sp³-hybridized carbons (Fsp3) is 0.400. The van der Waals surface area contributed by atoms with Crippen LogP contribution in [0.15, 0.2) is 43.0 Å². The zero-order valence-corrected chi connectivity index (χ0v) is 16.1. The molecule has 0 unspecified atom stereocenters. The van der Waals surface area contributed by atoms with Crippen molar-refractivity contribution in [2.24, 2.45) is 0 Å². The first kappa shape index (κ1) is 19.6. The molecule has 0 atom stereocenters. The van der Waals surface area contributed by atoms with Crippen molar-refractivity contribution in [3.8, 4) is 0 Å². The van der Waals surface area contributed by atoms with Gasteiger partial charge in [-0.1, -0.05) is 38.1 Å². The van der Waals surface area contributed by atoms with E-state index in [0.29, 0.717) is 25.9 Å². The first-order valence-electron chi connectivity index (χ1n) is 9.42. The van der Waals surface area contributed by atoms with E-state index in [1.54, 1.807) is 12.5 Å². The van der Waals surface area contributed by atoms with Crippen LogP contribution in [-0.2, 0) is 22.7 Å². The predicted octanol–water partition coefficient (Wildman–Crippen LogP) is 1.66. The van der Waals surface area contributed by atoms with Gasteiger partial charge in [0.25, 0.3) is 5.91 Å². The van der Waals surface area contributed by atoms with Crippen LogP contribution in [0, 0.1) is 0 Å². The number of urea groups is 1. The quantitative estimate of drug-likeness (QED) is 0.678. The lowest BCUT2D eigenvalue weighted by atomic mass is 9.93. The van der Waals surface area contributed by atoms with Crippen LogP contribution in [0.2, 0.25) is 0 Å². The Balaban J connectivity index is 1.56. The van der Waals surface area contributed by atoms with Crippen LogP contribution in [0.1, 0.15) is 37.8 Å². The second kappa shape index (κ2) is 8.24. The number of hydrogen-bond acceptors (Lipinski definition) is 4. The van der Waals surface area contributed by atoms with Crippen molar-refractivity contribution in [3.63, 3.8) is 0 Å². The molecule has 4 amide bonds. The number of carbonyl (C=O) groups excluding carboxylic acids is 3. The van der Waals surface area contributed by atoms with E-state index in [4.69, 9.17) is 0 Å². The van der Waals surface area contributed by atoms with Crippen LogP contribution in [0.4, 0.5) is 4.79 Å². The molecule has 0 aliphatic carbocycles. The molecular weight excluding hydrogens is 358 g/mol. The smallest absolute Gasteiger partial charge is 0.325 e. The minimum atomic E-state index is -0.890. The summed E-state index contributed by atoms with van der Waals surface area (Å²) in [6, 6.07) is 7.36. The van der Waals surface area contributed by atoms with Crippen LogP contribution >= 0.6 is 0 Å². The SMILES string of the molecule is CCC1(CC)NC(=O)N(CC(=O)NCc2cccc(Cn3ccnc3)c2)C1=O. The molecule has 2 heterocycles. The van der Waals surface area contributed by atoms with Crippen LogP contribution in [0.3, 0.4) is 0 Å². The van der Waals surface area contributed by atoms with Gasteiger partial charge in [-0.25, -0.2) is 9.78 Å². The zero-order valence-electron chi connectivity index (χ0n) is 16.1. The van der Waals surface area contributed by atoms with Crippen molar-refractivity contribution in [1.29, 1.82) is 0 Å². The Labute approximate surface area is 163 Å². The average molecular weight is 383 g/mol. The Morgan fingerprint density at radius 1 is 1.21 bits per heavy atom. The van der Waals surface area contributed by atoms with Crippen LogP contribution in [0.25, 0.3) is 0 Å². The number of imidazole rings is 1. The van der Waals surface area contributed by atoms with Gasteiger partial charge in [-0.15, -0.1) is 0 Å². The Morgan fingerprint density at radius 2 is 1.96 bits per heavy atom. The molecule has 2 aromatic rings. The normalized spacial score (nSPS) is 15.6. The van der Waals surface area contributed by atoms with E-state index in [9.17, 15) is 14.4 Å². The lowest BCUT2D eigenvalue weighted by molar-refractivity contribution is -0.135. The molecule has 0 bridgehead atoms. The molecule has 148 valence electrons. The molecule has 3 rings (SSSR count). The lowest BCUT2D eigenvalue weighted by Gasteiger charge is -2.23. The monoisotopic (exact) mass is 383 g/mol. The molecule has 8 nitrogen and oxygen atoms in total. The third-order valence-corrected chi connectivity index (χ3v) is 5.16. The first-order chi connectivity index (χ1) is 13.5. The second-order valence-corrected chi connectivity index (χ2v) is 6.94. The van der Waals surface area contributed by atoms with Gasteiger partial charge in [-0.2, -0.15) is 0 Å². The van der Waals surface area contributed by atoms with E-state index in [0.717, 1.165) is 16.0 Å². The number of carbonyl (C=O) groups is 3. The van der Waals surface area contributed by atoms with Gasteiger partial charge in [0.05, 0.1) is 6.33 Å². The van der Waals surface area contributed by atoms with Gasteiger partial charge < -0.3 is 15.2 Å². The van der Waals surface area contributed by atoms with Gasteiger partial charge in [-0.05, 0) is 24.0 Å². The van der Waals surface area contributed by atoms with Crippen LogP contribution in [-0.4, -0.2) is 44.4 Å². The van der Waals surface area contributed by atoms with Crippen molar-refractivity contribution in [3.05, 3.63) is 54.1 Å². The molecule has 1 aromatic carbocycles. The van der Waals surface area contributed by atoms with E-state index in [1.807, 2.05) is 48.9 Å². The number of aromatic nitrogens is 2. The maximum absolute atomic E-state index is 12.6. The summed E-state index contributed by atoms with van der Waals surface area (Å²) in [4.78, 5) is 42.0. The summed E-state index contributed by atoms with van der Waals surface area (Å²) in [5.74, 6) is -0.702. The fourth-order valence-corrected chi connectivity index (χ4v) is 3.38. The third-order valence-electron chi connectivity index (χ3n) is 5.16. The minimum absolute atomic E-state index is 0.277. The standard InChI is InChI=1S/C20H25N5O3/c1-3-20(4-2)18(27)25(19(28)23-20)13-17(26)22-11-15-6-5-7-16(10-15)12-24-9-8-21-14-24/h5-10,14H,3-4,11-13H2,1-2H3,(H,22,26)(H,23,28). The largest absolute Gasteiger partial charge is 0.350 e. The zero-order chi connectivity index (χ0) is 20.1. The summed E-state index contributed by atoms with van der Waals surface area (Å²) < 4.78 is 1.96. The molecule has 0 radical (unpaired) electrons. The molecule has 1 fully saturated rings. The Kier molecular flexibility index (Phi) is 5.77. The summed E-state index contributed by atoms with van der Waals surface area (Å²) in [6.45, 7) is 4.44. The summed E-state index contributed by atoms with van der Waals surface area (Å²) in [7, 11) is 0. The molecule has 1 aliphatic heterocycles. The van der Waals surface area contributed by atoms with Crippen LogP contribution < -0.4 is 10.6 Å². The first-order valence-corrected chi connectivity index (χ1v) is 9.42. The van der Waals surface area contributed by atoms with Crippen molar-refractivity contribution >= 4 is 17.8 Å². The number of nitrogens with one attached hydrogen (secondary N) is 2. The maximum Gasteiger partial charge on any atom is 0.325 e. The van der Waals surface area contributed by atoms with Gasteiger partial charge in [-0.3, -0.25) is 14.5 Å². The number of rotatable bonds is 8. The highest BCUT2D eigenvalue weighted by molar-refractivity contribution is 6.08. The summed E-state index contributed by atoms with van der Waals surface area (Å²) in [5.41, 5.74) is 1.15.